The van der Waals surface area contributed by atoms with Crippen molar-refractivity contribution >= 4 is 18.0 Å². The van der Waals surface area contributed by atoms with E-state index in [1.54, 1.807) is 48.7 Å². The number of pyridine rings is 1. The van der Waals surface area contributed by atoms with Gasteiger partial charge < -0.3 is 9.47 Å². The number of hydrogen-bond acceptors (Lipinski definition) is 5. The molecule has 2 aromatic rings. The maximum absolute atomic E-state index is 11.6. The maximum atomic E-state index is 11.6. The molecule has 2 rings (SSSR count). The second-order valence-electron chi connectivity index (χ2n) is 4.38. The van der Waals surface area contributed by atoms with E-state index in [9.17, 15) is 9.59 Å². The first-order chi connectivity index (χ1) is 10.7. The second-order valence-corrected chi connectivity index (χ2v) is 4.38. The molecule has 0 amide bonds. The van der Waals surface area contributed by atoms with Crippen LogP contribution in [0.3, 0.4) is 0 Å². The summed E-state index contributed by atoms with van der Waals surface area (Å²) in [5, 5.41) is 0. The Morgan fingerprint density at radius 1 is 1.14 bits per heavy atom. The summed E-state index contributed by atoms with van der Waals surface area (Å²) in [7, 11) is 1.33. The number of hydrogen-bond donors (Lipinski definition) is 0. The van der Waals surface area contributed by atoms with Gasteiger partial charge in [0.25, 0.3) is 0 Å². The van der Waals surface area contributed by atoms with Crippen molar-refractivity contribution in [2.45, 2.75) is 6.61 Å². The number of nitrogens with zero attached hydrogens (tertiary/aromatic N) is 1. The SMILES string of the molecule is COC(=O)c1ccc(/C=C/C(=O)OCc2ccccn2)cc1. The molecule has 0 saturated carbocycles. The Hall–Kier alpha value is -2.95. The fraction of sp³-hybridized carbons (Fsp3) is 0.118. The third kappa shape index (κ3) is 4.56. The van der Waals surface area contributed by atoms with E-state index in [2.05, 4.69) is 9.72 Å². The first kappa shape index (κ1) is 15.4. The lowest BCUT2D eigenvalue weighted by molar-refractivity contribution is -0.139. The fourth-order valence-corrected chi connectivity index (χ4v) is 1.69. The Kier molecular flexibility index (Phi) is 5.43. The highest BCUT2D eigenvalue weighted by Gasteiger charge is 2.03. The van der Waals surface area contributed by atoms with Crippen molar-refractivity contribution in [3.8, 4) is 0 Å². The van der Waals surface area contributed by atoms with Gasteiger partial charge in [0, 0.05) is 12.3 Å². The molecule has 0 aliphatic heterocycles. The molecule has 0 fully saturated rings. The number of esters is 2. The quantitative estimate of drug-likeness (QED) is 0.627. The zero-order valence-electron chi connectivity index (χ0n) is 12.1. The molecule has 0 aliphatic carbocycles. The van der Waals surface area contributed by atoms with Crippen LogP contribution in [0.2, 0.25) is 0 Å². The van der Waals surface area contributed by atoms with Gasteiger partial charge in [-0.3, -0.25) is 4.98 Å². The van der Waals surface area contributed by atoms with Crippen molar-refractivity contribution in [1.29, 1.82) is 0 Å². The lowest BCUT2D eigenvalue weighted by Gasteiger charge is -2.01. The van der Waals surface area contributed by atoms with Gasteiger partial charge in [0.05, 0.1) is 18.4 Å². The predicted octanol–water partition coefficient (Wildman–Crippen LogP) is 2.62. The molecule has 22 heavy (non-hydrogen) atoms. The second kappa shape index (κ2) is 7.73. The van der Waals surface area contributed by atoms with Crippen LogP contribution in [0.5, 0.6) is 0 Å². The molecule has 1 heterocycles. The zero-order valence-corrected chi connectivity index (χ0v) is 12.1. The van der Waals surface area contributed by atoms with Crippen molar-refractivity contribution in [3.05, 3.63) is 71.6 Å². The van der Waals surface area contributed by atoms with E-state index in [0.717, 1.165) is 5.56 Å². The Labute approximate surface area is 128 Å². The lowest BCUT2D eigenvalue weighted by atomic mass is 10.1. The molecule has 0 unspecified atom stereocenters. The number of carbonyl (C=O) groups excluding carboxylic acids is 2. The van der Waals surface area contributed by atoms with Crippen LogP contribution in [0.15, 0.2) is 54.7 Å². The van der Waals surface area contributed by atoms with Crippen molar-refractivity contribution in [2.24, 2.45) is 0 Å². The van der Waals surface area contributed by atoms with E-state index >= 15 is 0 Å². The van der Waals surface area contributed by atoms with Crippen LogP contribution in [-0.4, -0.2) is 24.0 Å². The van der Waals surface area contributed by atoms with Gasteiger partial charge in [-0.25, -0.2) is 9.59 Å². The third-order valence-electron chi connectivity index (χ3n) is 2.83. The van der Waals surface area contributed by atoms with E-state index in [0.29, 0.717) is 11.3 Å². The van der Waals surface area contributed by atoms with Crippen LogP contribution in [0, 0.1) is 0 Å². The number of benzene rings is 1. The Bertz CT molecular complexity index is 663. The number of aromatic nitrogens is 1. The van der Waals surface area contributed by atoms with Crippen LogP contribution in [0.1, 0.15) is 21.6 Å². The van der Waals surface area contributed by atoms with Crippen molar-refractivity contribution < 1.29 is 19.1 Å². The predicted molar refractivity (Wildman–Crippen MR) is 80.8 cm³/mol. The van der Waals surface area contributed by atoms with Gasteiger partial charge in [0.15, 0.2) is 0 Å². The van der Waals surface area contributed by atoms with Gasteiger partial charge >= 0.3 is 11.9 Å². The van der Waals surface area contributed by atoms with E-state index in [4.69, 9.17) is 4.74 Å². The van der Waals surface area contributed by atoms with Crippen molar-refractivity contribution in [3.63, 3.8) is 0 Å². The average molecular weight is 297 g/mol. The number of methoxy groups -OCH3 is 1. The summed E-state index contributed by atoms with van der Waals surface area (Å²) in [6.45, 7) is 0.130. The smallest absolute Gasteiger partial charge is 0.337 e. The first-order valence-electron chi connectivity index (χ1n) is 6.62. The van der Waals surface area contributed by atoms with E-state index < -0.39 is 11.9 Å². The van der Waals surface area contributed by atoms with Crippen LogP contribution < -0.4 is 0 Å². The molecule has 5 heteroatoms. The molecule has 0 saturated heterocycles. The molecular formula is C17H15NO4. The summed E-state index contributed by atoms with van der Waals surface area (Å²) in [6.07, 6.45) is 4.58. The van der Waals surface area contributed by atoms with E-state index in [-0.39, 0.29) is 6.61 Å². The number of rotatable bonds is 5. The third-order valence-corrected chi connectivity index (χ3v) is 2.83. The molecule has 5 nitrogen and oxygen atoms in total. The minimum Gasteiger partial charge on any atom is -0.465 e. The summed E-state index contributed by atoms with van der Waals surface area (Å²) in [5.41, 5.74) is 1.92. The lowest BCUT2D eigenvalue weighted by Crippen LogP contribution is -2.02. The molecule has 112 valence electrons. The van der Waals surface area contributed by atoms with Gasteiger partial charge in [0.1, 0.15) is 6.61 Å². The van der Waals surface area contributed by atoms with Crippen LogP contribution in [0.4, 0.5) is 0 Å². The molecule has 0 N–H and O–H groups in total. The topological polar surface area (TPSA) is 65.5 Å². The molecule has 0 spiro atoms. The van der Waals surface area contributed by atoms with E-state index in [1.165, 1.54) is 13.2 Å². The van der Waals surface area contributed by atoms with Crippen LogP contribution >= 0.6 is 0 Å². The van der Waals surface area contributed by atoms with E-state index in [1.807, 2.05) is 6.07 Å². The summed E-state index contributed by atoms with van der Waals surface area (Å²) in [5.74, 6) is -0.854. The molecule has 0 radical (unpaired) electrons. The normalized spacial score (nSPS) is 10.4. The summed E-state index contributed by atoms with van der Waals surface area (Å²) in [6, 6.07) is 12.1. The summed E-state index contributed by atoms with van der Waals surface area (Å²) in [4.78, 5) is 26.9. The van der Waals surface area contributed by atoms with Gasteiger partial charge in [0.2, 0.25) is 0 Å². The summed E-state index contributed by atoms with van der Waals surface area (Å²) < 4.78 is 9.68. The van der Waals surface area contributed by atoms with Gasteiger partial charge in [-0.1, -0.05) is 18.2 Å². The van der Waals surface area contributed by atoms with Crippen LogP contribution in [-0.2, 0) is 20.9 Å². The van der Waals surface area contributed by atoms with Gasteiger partial charge in [-0.2, -0.15) is 0 Å². The molecule has 0 atom stereocenters. The molecular weight excluding hydrogens is 282 g/mol. The Morgan fingerprint density at radius 2 is 1.91 bits per heavy atom. The molecule has 1 aromatic heterocycles. The standard InChI is InChI=1S/C17H15NO4/c1-21-17(20)14-8-5-13(6-9-14)7-10-16(19)22-12-15-4-2-3-11-18-15/h2-11H,12H2,1H3/b10-7+. The molecule has 0 bridgehead atoms. The van der Waals surface area contributed by atoms with Gasteiger partial charge in [-0.05, 0) is 35.9 Å². The van der Waals surface area contributed by atoms with Crippen molar-refractivity contribution in [2.75, 3.05) is 7.11 Å². The minimum absolute atomic E-state index is 0.130. The molecule has 1 aromatic carbocycles. The zero-order chi connectivity index (χ0) is 15.8. The highest BCUT2D eigenvalue weighted by atomic mass is 16.5. The monoisotopic (exact) mass is 297 g/mol. The fourth-order valence-electron chi connectivity index (χ4n) is 1.69. The highest BCUT2D eigenvalue weighted by Crippen LogP contribution is 2.07. The average Bonchev–Trinajstić information content (AvgIpc) is 2.58. The Balaban J connectivity index is 1.88. The Morgan fingerprint density at radius 3 is 2.55 bits per heavy atom. The molecule has 0 aliphatic rings. The number of carbonyl (C=O) groups is 2. The number of ether oxygens (including phenoxy) is 2. The van der Waals surface area contributed by atoms with Gasteiger partial charge in [-0.15, -0.1) is 0 Å². The first-order valence-corrected chi connectivity index (χ1v) is 6.62. The maximum Gasteiger partial charge on any atom is 0.337 e. The minimum atomic E-state index is -0.456. The highest BCUT2D eigenvalue weighted by molar-refractivity contribution is 5.90. The summed E-state index contributed by atoms with van der Waals surface area (Å²) >= 11 is 0. The van der Waals surface area contributed by atoms with Crippen LogP contribution in [0.25, 0.3) is 6.08 Å². The largest absolute Gasteiger partial charge is 0.465 e. The van der Waals surface area contributed by atoms with Crippen molar-refractivity contribution in [1.82, 2.24) is 4.98 Å².